The lowest BCUT2D eigenvalue weighted by Crippen LogP contribution is -2.54. The number of benzene rings is 1. The molecule has 10 heteroatoms. The molecule has 3 N–H and O–H groups in total. The van der Waals surface area contributed by atoms with Crippen molar-refractivity contribution in [2.75, 3.05) is 11.6 Å². The zero-order valence-electron chi connectivity index (χ0n) is 19.3. The number of anilines is 1. The zero-order valence-corrected chi connectivity index (χ0v) is 19.3. The van der Waals surface area contributed by atoms with E-state index in [1.807, 2.05) is 0 Å². The molecule has 0 bridgehead atoms. The molecule has 10 nitrogen and oxygen atoms in total. The van der Waals surface area contributed by atoms with Crippen LogP contribution in [0.3, 0.4) is 0 Å². The molecule has 2 fully saturated rings. The standard InChI is InChI=1S/C23H32N4O6/c1-23(2,3)33-22(31)26(15-10-11-15)17-13-14-7-4-5-8-16(14)27(24)20(29)19(28)25-12-6-9-18(25)32-21(17)30/h4-5,7-8,15,17-19,28H,6,9-13,24H2,1-3H3. The van der Waals surface area contributed by atoms with E-state index in [4.69, 9.17) is 15.3 Å². The van der Waals surface area contributed by atoms with Crippen LogP contribution in [0.4, 0.5) is 10.5 Å². The van der Waals surface area contributed by atoms with Crippen LogP contribution in [0, 0.1) is 0 Å². The lowest BCUT2D eigenvalue weighted by molar-refractivity contribution is -0.174. The van der Waals surface area contributed by atoms with Crippen molar-refractivity contribution in [3.63, 3.8) is 0 Å². The molecule has 2 amide bonds. The van der Waals surface area contributed by atoms with Crippen molar-refractivity contribution in [2.24, 2.45) is 5.84 Å². The second-order valence-electron chi connectivity index (χ2n) is 9.82. The van der Waals surface area contributed by atoms with E-state index in [1.54, 1.807) is 45.0 Å². The summed E-state index contributed by atoms with van der Waals surface area (Å²) in [6.45, 7) is 5.70. The number of hydrazine groups is 1. The van der Waals surface area contributed by atoms with Crippen LogP contribution >= 0.6 is 0 Å². The topological polar surface area (TPSA) is 126 Å². The number of hydrogen-bond donors (Lipinski definition) is 2. The highest BCUT2D eigenvalue weighted by Gasteiger charge is 2.46. The fraction of sp³-hybridized carbons (Fsp3) is 0.609. The van der Waals surface area contributed by atoms with E-state index in [-0.39, 0.29) is 12.5 Å². The Morgan fingerprint density at radius 3 is 2.58 bits per heavy atom. The van der Waals surface area contributed by atoms with Crippen molar-refractivity contribution in [1.29, 1.82) is 0 Å². The van der Waals surface area contributed by atoms with Crippen LogP contribution in [-0.2, 0) is 25.5 Å². The molecule has 3 unspecified atom stereocenters. The number of hydrogen-bond acceptors (Lipinski definition) is 8. The fourth-order valence-electron chi connectivity index (χ4n) is 4.38. The Kier molecular flexibility index (Phi) is 6.35. The average molecular weight is 461 g/mol. The molecule has 3 aliphatic rings. The highest BCUT2D eigenvalue weighted by molar-refractivity contribution is 5.96. The first-order chi connectivity index (χ1) is 15.6. The number of rotatable bonds is 2. The third-order valence-corrected chi connectivity index (χ3v) is 6.08. The van der Waals surface area contributed by atoms with Crippen LogP contribution in [0.15, 0.2) is 24.3 Å². The molecule has 0 radical (unpaired) electrons. The Bertz CT molecular complexity index is 928. The van der Waals surface area contributed by atoms with Crippen molar-refractivity contribution in [1.82, 2.24) is 9.80 Å². The van der Waals surface area contributed by atoms with Gasteiger partial charge < -0.3 is 14.6 Å². The van der Waals surface area contributed by atoms with Crippen molar-refractivity contribution >= 4 is 23.7 Å². The van der Waals surface area contributed by atoms with Crippen LogP contribution in [0.2, 0.25) is 0 Å². The predicted octanol–water partition coefficient (Wildman–Crippen LogP) is 1.50. The highest BCUT2D eigenvalue weighted by Crippen LogP contribution is 2.34. The summed E-state index contributed by atoms with van der Waals surface area (Å²) in [5, 5.41) is 11.6. The Morgan fingerprint density at radius 1 is 1.21 bits per heavy atom. The van der Waals surface area contributed by atoms with E-state index >= 15 is 0 Å². The first kappa shape index (κ1) is 23.5. The van der Waals surface area contributed by atoms with Gasteiger partial charge in [-0.05, 0) is 58.1 Å². The van der Waals surface area contributed by atoms with Crippen molar-refractivity contribution in [3.05, 3.63) is 29.8 Å². The number of nitrogens with zero attached hydrogens (tertiary/aromatic N) is 3. The van der Waals surface area contributed by atoms with Crippen molar-refractivity contribution in [2.45, 2.75) is 83.0 Å². The summed E-state index contributed by atoms with van der Waals surface area (Å²) in [5.74, 6) is 4.84. The van der Waals surface area contributed by atoms with Gasteiger partial charge in [-0.15, -0.1) is 0 Å². The number of aliphatic hydroxyl groups excluding tert-OH is 1. The number of aliphatic hydroxyl groups is 1. The first-order valence-corrected chi connectivity index (χ1v) is 11.4. The zero-order chi connectivity index (χ0) is 23.9. The minimum atomic E-state index is -1.55. The van der Waals surface area contributed by atoms with Gasteiger partial charge in [0.15, 0.2) is 12.5 Å². The van der Waals surface area contributed by atoms with Crippen LogP contribution in [0.25, 0.3) is 0 Å². The highest BCUT2D eigenvalue weighted by atomic mass is 16.6. The summed E-state index contributed by atoms with van der Waals surface area (Å²) in [6, 6.07) is 5.79. The third-order valence-electron chi connectivity index (χ3n) is 6.08. The summed E-state index contributed by atoms with van der Waals surface area (Å²) in [6.07, 6.45) is -0.181. The molecule has 2 heterocycles. The molecule has 1 aromatic carbocycles. The van der Waals surface area contributed by atoms with Gasteiger partial charge in [-0.1, -0.05) is 18.2 Å². The van der Waals surface area contributed by atoms with Crippen LogP contribution in [-0.4, -0.2) is 69.6 Å². The molecular weight excluding hydrogens is 428 g/mol. The number of carbonyl (C=O) groups is 3. The summed E-state index contributed by atoms with van der Waals surface area (Å²) >= 11 is 0. The van der Waals surface area contributed by atoms with Gasteiger partial charge in [0, 0.05) is 19.0 Å². The Hall–Kier alpha value is -2.69. The number of nitrogens with two attached hydrogens (primary N) is 1. The van der Waals surface area contributed by atoms with Crippen LogP contribution in [0.5, 0.6) is 0 Å². The lowest BCUT2D eigenvalue weighted by Gasteiger charge is -2.34. The maximum atomic E-state index is 13.5. The second kappa shape index (κ2) is 8.92. The van der Waals surface area contributed by atoms with E-state index < -0.39 is 42.1 Å². The normalized spacial score (nSPS) is 26.7. The SMILES string of the molecule is CC(C)(C)OC(=O)N(C1CC1)C1Cc2ccccc2N(N)C(=O)C(O)N2CCCC2OC1=O. The van der Waals surface area contributed by atoms with Crippen molar-refractivity contribution in [3.8, 4) is 0 Å². The molecular formula is C23H32N4O6. The summed E-state index contributed by atoms with van der Waals surface area (Å²) in [7, 11) is 0. The van der Waals surface area contributed by atoms with Crippen molar-refractivity contribution < 1.29 is 29.0 Å². The second-order valence-corrected chi connectivity index (χ2v) is 9.82. The molecule has 180 valence electrons. The maximum absolute atomic E-state index is 13.5. The molecule has 1 saturated heterocycles. The summed E-state index contributed by atoms with van der Waals surface area (Å²) in [4.78, 5) is 42.5. The quantitative estimate of drug-likeness (QED) is 0.386. The van der Waals surface area contributed by atoms with Gasteiger partial charge >= 0.3 is 12.1 Å². The van der Waals surface area contributed by atoms with Gasteiger partial charge in [-0.2, -0.15) is 0 Å². The Labute approximate surface area is 193 Å². The number of amides is 2. The lowest BCUT2D eigenvalue weighted by atomic mass is 10.0. The van der Waals surface area contributed by atoms with Gasteiger partial charge in [0.25, 0.3) is 5.91 Å². The predicted molar refractivity (Wildman–Crippen MR) is 119 cm³/mol. The molecule has 4 rings (SSSR count). The Morgan fingerprint density at radius 2 is 1.91 bits per heavy atom. The molecule has 0 spiro atoms. The number of fused-ring (bicyclic) bond motifs is 2. The van der Waals surface area contributed by atoms with E-state index in [9.17, 15) is 19.5 Å². The van der Waals surface area contributed by atoms with Crippen LogP contribution < -0.4 is 10.9 Å². The fourth-order valence-corrected chi connectivity index (χ4v) is 4.38. The first-order valence-electron chi connectivity index (χ1n) is 11.4. The molecule has 1 saturated carbocycles. The van der Waals surface area contributed by atoms with Crippen LogP contribution in [0.1, 0.15) is 52.0 Å². The number of esters is 1. The molecule has 1 aromatic rings. The van der Waals surface area contributed by atoms with Gasteiger partial charge in [0.05, 0.1) is 5.69 Å². The molecule has 33 heavy (non-hydrogen) atoms. The van der Waals surface area contributed by atoms with Gasteiger partial charge in [0.2, 0.25) is 0 Å². The Balaban J connectivity index is 1.76. The molecule has 2 aliphatic heterocycles. The summed E-state index contributed by atoms with van der Waals surface area (Å²) < 4.78 is 11.4. The van der Waals surface area contributed by atoms with E-state index in [0.717, 1.165) is 17.9 Å². The number of carbonyl (C=O) groups excluding carboxylic acids is 3. The molecule has 0 aromatic heterocycles. The number of ether oxygens (including phenoxy) is 2. The smallest absolute Gasteiger partial charge is 0.411 e. The van der Waals surface area contributed by atoms with Gasteiger partial charge in [-0.25, -0.2) is 25.3 Å². The maximum Gasteiger partial charge on any atom is 0.411 e. The number of para-hydroxylation sites is 1. The minimum absolute atomic E-state index is 0.0918. The van der Waals surface area contributed by atoms with E-state index in [2.05, 4.69) is 0 Å². The molecule has 3 atom stereocenters. The monoisotopic (exact) mass is 460 g/mol. The van der Waals surface area contributed by atoms with Gasteiger partial charge in [0.1, 0.15) is 11.6 Å². The summed E-state index contributed by atoms with van der Waals surface area (Å²) in [5.41, 5.74) is 0.211. The van der Waals surface area contributed by atoms with E-state index in [0.29, 0.717) is 30.6 Å². The third kappa shape index (κ3) is 4.97. The largest absolute Gasteiger partial charge is 0.445 e. The minimum Gasteiger partial charge on any atom is -0.445 e. The average Bonchev–Trinajstić information content (AvgIpc) is 3.47. The van der Waals surface area contributed by atoms with Gasteiger partial charge in [-0.3, -0.25) is 9.69 Å². The van der Waals surface area contributed by atoms with E-state index in [1.165, 1.54) is 9.80 Å². The molecule has 1 aliphatic carbocycles.